The zero-order valence-corrected chi connectivity index (χ0v) is 19.9. The molecule has 9 heteroatoms. The lowest BCUT2D eigenvalue weighted by Crippen LogP contribution is -2.40. The van der Waals surface area contributed by atoms with Gasteiger partial charge >= 0.3 is 0 Å². The summed E-state index contributed by atoms with van der Waals surface area (Å²) in [6.07, 6.45) is 0. The molecule has 3 rings (SSSR count). The highest BCUT2D eigenvalue weighted by Gasteiger charge is 2.27. The highest BCUT2D eigenvalue weighted by atomic mass is 32.2. The third-order valence-corrected chi connectivity index (χ3v) is 6.60. The van der Waals surface area contributed by atoms with Crippen molar-refractivity contribution in [3.05, 3.63) is 47.5 Å². The van der Waals surface area contributed by atoms with E-state index in [0.717, 1.165) is 5.56 Å². The number of nitrogens with one attached hydrogen (secondary N) is 1. The van der Waals surface area contributed by atoms with Crippen molar-refractivity contribution in [3.8, 4) is 17.2 Å². The minimum Gasteiger partial charge on any atom is -0.495 e. The van der Waals surface area contributed by atoms with Gasteiger partial charge in [0.2, 0.25) is 10.0 Å². The molecule has 32 heavy (non-hydrogen) atoms. The fraction of sp³-hybridized carbons (Fsp3) is 0.435. The van der Waals surface area contributed by atoms with Gasteiger partial charge in [0.15, 0.2) is 11.5 Å². The van der Waals surface area contributed by atoms with Crippen molar-refractivity contribution in [1.29, 1.82) is 0 Å². The molecule has 0 unspecified atom stereocenters. The van der Waals surface area contributed by atoms with Gasteiger partial charge in [-0.2, -0.15) is 0 Å². The van der Waals surface area contributed by atoms with E-state index in [2.05, 4.69) is 4.72 Å². The number of benzene rings is 2. The van der Waals surface area contributed by atoms with Crippen molar-refractivity contribution >= 4 is 15.9 Å². The van der Waals surface area contributed by atoms with Gasteiger partial charge < -0.3 is 19.1 Å². The highest BCUT2D eigenvalue weighted by Crippen LogP contribution is 2.34. The number of hydrogen-bond donors (Lipinski definition) is 1. The van der Waals surface area contributed by atoms with Gasteiger partial charge in [-0.05, 0) is 52.0 Å². The summed E-state index contributed by atoms with van der Waals surface area (Å²) in [6.45, 7) is 8.77. The van der Waals surface area contributed by atoms with E-state index in [4.69, 9.17) is 14.2 Å². The number of nitrogens with zero attached hydrogens (tertiary/aromatic N) is 1. The summed E-state index contributed by atoms with van der Waals surface area (Å²) in [5.74, 6) is 1.17. The van der Waals surface area contributed by atoms with Gasteiger partial charge in [0.1, 0.15) is 23.9 Å². The Morgan fingerprint density at radius 2 is 1.88 bits per heavy atom. The van der Waals surface area contributed by atoms with Crippen LogP contribution in [0.15, 0.2) is 41.3 Å². The molecule has 0 aliphatic carbocycles. The predicted molar refractivity (Wildman–Crippen MR) is 121 cm³/mol. The molecular weight excluding hydrogens is 432 g/mol. The standard InChI is InChI=1S/C23H30N2O6S/c1-6-25(15-17-8-7-9-19-21(17)31-13-12-30-19)22(26)16-10-11-18(29-5)20(14-16)32(27,28)24-23(2,3)4/h7-11,14,24H,6,12-13,15H2,1-5H3. The van der Waals surface area contributed by atoms with Crippen LogP contribution in [0.2, 0.25) is 0 Å². The first-order chi connectivity index (χ1) is 15.1. The van der Waals surface area contributed by atoms with E-state index in [9.17, 15) is 13.2 Å². The van der Waals surface area contributed by atoms with E-state index < -0.39 is 15.6 Å². The molecule has 174 valence electrons. The third kappa shape index (κ3) is 5.34. The fourth-order valence-electron chi connectivity index (χ4n) is 3.45. The smallest absolute Gasteiger partial charge is 0.254 e. The molecule has 0 bridgehead atoms. The predicted octanol–water partition coefficient (Wildman–Crippen LogP) is 3.21. The largest absolute Gasteiger partial charge is 0.495 e. The molecule has 1 heterocycles. The van der Waals surface area contributed by atoms with Crippen molar-refractivity contribution < 1.29 is 27.4 Å². The van der Waals surface area contributed by atoms with Gasteiger partial charge in [0, 0.05) is 29.8 Å². The number of fused-ring (bicyclic) bond motifs is 1. The Bertz CT molecular complexity index is 1090. The Morgan fingerprint density at radius 3 is 2.53 bits per heavy atom. The molecule has 8 nitrogen and oxygen atoms in total. The van der Waals surface area contributed by atoms with Gasteiger partial charge in [-0.3, -0.25) is 4.79 Å². The molecule has 0 saturated carbocycles. The summed E-state index contributed by atoms with van der Waals surface area (Å²) in [6, 6.07) is 10.0. The summed E-state index contributed by atoms with van der Waals surface area (Å²) in [4.78, 5) is 14.9. The summed E-state index contributed by atoms with van der Waals surface area (Å²) in [5.41, 5.74) is 0.394. The van der Waals surface area contributed by atoms with Gasteiger partial charge in [-0.1, -0.05) is 12.1 Å². The van der Waals surface area contributed by atoms with Crippen molar-refractivity contribution in [2.24, 2.45) is 0 Å². The lowest BCUT2D eigenvalue weighted by atomic mass is 10.1. The Kier molecular flexibility index (Phi) is 7.00. The number of methoxy groups -OCH3 is 1. The minimum atomic E-state index is -3.90. The van der Waals surface area contributed by atoms with Crippen LogP contribution in [0.1, 0.15) is 43.6 Å². The fourth-order valence-corrected chi connectivity index (χ4v) is 5.07. The van der Waals surface area contributed by atoms with E-state index in [1.54, 1.807) is 31.7 Å². The molecule has 1 aliphatic rings. The number of rotatable bonds is 7. The molecule has 0 atom stereocenters. The lowest BCUT2D eigenvalue weighted by Gasteiger charge is -2.26. The molecule has 0 aromatic heterocycles. The topological polar surface area (TPSA) is 94.2 Å². The summed E-state index contributed by atoms with van der Waals surface area (Å²) < 4.78 is 45.1. The van der Waals surface area contributed by atoms with Crippen LogP contribution in [0, 0.1) is 0 Å². The normalized spacial score (nSPS) is 13.5. The summed E-state index contributed by atoms with van der Waals surface area (Å²) >= 11 is 0. The van der Waals surface area contributed by atoms with Crippen LogP contribution in [0.5, 0.6) is 17.2 Å². The van der Waals surface area contributed by atoms with Gasteiger partial charge in [0.05, 0.1) is 7.11 Å². The molecule has 0 radical (unpaired) electrons. The number of sulfonamides is 1. The quantitative estimate of drug-likeness (QED) is 0.679. The number of carbonyl (C=O) groups is 1. The van der Waals surface area contributed by atoms with Crippen LogP contribution in [-0.2, 0) is 16.6 Å². The van der Waals surface area contributed by atoms with Gasteiger partial charge in [-0.15, -0.1) is 0 Å². The molecule has 0 saturated heterocycles. The summed E-state index contributed by atoms with van der Waals surface area (Å²) in [5, 5.41) is 0. The van der Waals surface area contributed by atoms with E-state index in [0.29, 0.717) is 37.8 Å². The number of para-hydroxylation sites is 1. The first-order valence-corrected chi connectivity index (χ1v) is 11.9. The number of carbonyl (C=O) groups excluding carboxylic acids is 1. The van der Waals surface area contributed by atoms with Gasteiger partial charge in [0.25, 0.3) is 5.91 Å². The first kappa shape index (κ1) is 23.9. The Morgan fingerprint density at radius 1 is 1.16 bits per heavy atom. The maximum atomic E-state index is 13.3. The Balaban J connectivity index is 1.92. The average molecular weight is 463 g/mol. The van der Waals surface area contributed by atoms with Crippen LogP contribution >= 0.6 is 0 Å². The molecule has 0 spiro atoms. The Labute approximate surface area is 189 Å². The minimum absolute atomic E-state index is 0.0781. The average Bonchev–Trinajstić information content (AvgIpc) is 2.75. The molecule has 0 fully saturated rings. The second-order valence-corrected chi connectivity index (χ2v) is 10.1. The zero-order valence-electron chi connectivity index (χ0n) is 19.1. The van der Waals surface area contributed by atoms with E-state index >= 15 is 0 Å². The van der Waals surface area contributed by atoms with Crippen molar-refractivity contribution in [2.45, 2.75) is 44.7 Å². The van der Waals surface area contributed by atoms with Crippen molar-refractivity contribution in [3.63, 3.8) is 0 Å². The molecule has 1 amide bonds. The third-order valence-electron chi connectivity index (χ3n) is 4.82. The van der Waals surface area contributed by atoms with Crippen molar-refractivity contribution in [2.75, 3.05) is 26.9 Å². The van der Waals surface area contributed by atoms with Crippen LogP contribution in [0.25, 0.3) is 0 Å². The lowest BCUT2D eigenvalue weighted by molar-refractivity contribution is 0.0749. The number of hydrogen-bond acceptors (Lipinski definition) is 6. The van der Waals surface area contributed by atoms with Crippen molar-refractivity contribution in [1.82, 2.24) is 9.62 Å². The van der Waals surface area contributed by atoms with Crippen LogP contribution in [-0.4, -0.2) is 51.6 Å². The molecule has 2 aromatic carbocycles. The second kappa shape index (κ2) is 9.38. The molecular formula is C23H30N2O6S. The van der Waals surface area contributed by atoms with E-state index in [-0.39, 0.29) is 22.1 Å². The highest BCUT2D eigenvalue weighted by molar-refractivity contribution is 7.89. The second-order valence-electron chi connectivity index (χ2n) is 8.48. The van der Waals surface area contributed by atoms with Gasteiger partial charge in [-0.25, -0.2) is 13.1 Å². The van der Waals surface area contributed by atoms with Crippen LogP contribution in [0.4, 0.5) is 0 Å². The SMILES string of the molecule is CCN(Cc1cccc2c1OCCO2)C(=O)c1ccc(OC)c(S(=O)(=O)NC(C)(C)C)c1. The number of amides is 1. The summed E-state index contributed by atoms with van der Waals surface area (Å²) in [7, 11) is -2.51. The van der Waals surface area contributed by atoms with Crippen LogP contribution in [0.3, 0.4) is 0 Å². The maximum absolute atomic E-state index is 13.3. The first-order valence-electron chi connectivity index (χ1n) is 10.4. The molecule has 1 N–H and O–H groups in total. The zero-order chi connectivity index (χ0) is 23.5. The van der Waals surface area contributed by atoms with E-state index in [1.165, 1.54) is 19.2 Å². The Hall–Kier alpha value is -2.78. The monoisotopic (exact) mass is 462 g/mol. The van der Waals surface area contributed by atoms with E-state index in [1.807, 2.05) is 25.1 Å². The van der Waals surface area contributed by atoms with Crippen LogP contribution < -0.4 is 18.9 Å². The molecule has 2 aromatic rings. The maximum Gasteiger partial charge on any atom is 0.254 e. The molecule has 1 aliphatic heterocycles. The number of ether oxygens (including phenoxy) is 3.